The van der Waals surface area contributed by atoms with Crippen molar-refractivity contribution in [2.24, 2.45) is 4.99 Å². The van der Waals surface area contributed by atoms with Crippen LogP contribution in [0.4, 0.5) is 10.7 Å². The van der Waals surface area contributed by atoms with Gasteiger partial charge in [0.05, 0.1) is 5.56 Å². The van der Waals surface area contributed by atoms with Crippen LogP contribution in [0.2, 0.25) is 5.02 Å². The molecule has 0 fully saturated rings. The van der Waals surface area contributed by atoms with Crippen molar-refractivity contribution in [1.82, 2.24) is 0 Å². The topological polar surface area (TPSA) is 50.7 Å². The number of carbonyl (C=O) groups excluding carboxylic acids is 1. The number of anilines is 1. The summed E-state index contributed by atoms with van der Waals surface area (Å²) in [4.78, 5) is 19.4. The third kappa shape index (κ3) is 5.64. The number of rotatable bonds is 7. The van der Waals surface area contributed by atoms with Gasteiger partial charge >= 0.3 is 0 Å². The molecule has 0 radical (unpaired) electrons. The third-order valence-electron chi connectivity index (χ3n) is 5.96. The third-order valence-corrected chi connectivity index (χ3v) is 7.41. The zero-order valence-corrected chi connectivity index (χ0v) is 20.7. The summed E-state index contributed by atoms with van der Waals surface area (Å²) in [6.07, 6.45) is 5.97. The van der Waals surface area contributed by atoms with Crippen LogP contribution in [0.3, 0.4) is 0 Å². The summed E-state index contributed by atoms with van der Waals surface area (Å²) >= 11 is 7.61. The van der Waals surface area contributed by atoms with Crippen LogP contribution in [0.25, 0.3) is 0 Å². The van der Waals surface area contributed by atoms with E-state index in [1.807, 2.05) is 78.9 Å². The van der Waals surface area contributed by atoms with Crippen molar-refractivity contribution in [2.75, 3.05) is 5.32 Å². The minimum absolute atomic E-state index is 0.102. The second-order valence-electron chi connectivity index (χ2n) is 8.42. The van der Waals surface area contributed by atoms with Crippen LogP contribution in [0, 0.1) is 0 Å². The highest BCUT2D eigenvalue weighted by atomic mass is 35.5. The van der Waals surface area contributed by atoms with Gasteiger partial charge in [0, 0.05) is 27.4 Å². The maximum Gasteiger partial charge on any atom is 0.259 e. The zero-order valence-electron chi connectivity index (χ0n) is 19.2. The molecule has 35 heavy (non-hydrogen) atoms. The zero-order chi connectivity index (χ0) is 24.0. The minimum Gasteiger partial charge on any atom is -0.488 e. The van der Waals surface area contributed by atoms with Crippen LogP contribution >= 0.6 is 22.9 Å². The molecule has 1 heterocycles. The second kappa shape index (κ2) is 10.9. The first-order valence-corrected chi connectivity index (χ1v) is 12.9. The molecule has 0 atom stereocenters. The first-order valence-electron chi connectivity index (χ1n) is 11.7. The molecule has 1 N–H and O–H groups in total. The molecule has 6 heteroatoms. The standard InChI is InChI=1S/C29H25ClN2O2S/c30-22-16-14-20(15-17-22)19-34-25-12-6-4-8-21(25)18-31-29-27(24-11-5-7-13-26(24)35-29)28(33)32-23-9-2-1-3-10-23/h1-4,6,8-10,12,14-18H,5,7,11,13,19H2,(H,32,33). The average molecular weight is 501 g/mol. The van der Waals surface area contributed by atoms with Gasteiger partial charge in [0.2, 0.25) is 0 Å². The summed E-state index contributed by atoms with van der Waals surface area (Å²) in [5.74, 6) is 0.637. The van der Waals surface area contributed by atoms with Crippen molar-refractivity contribution in [3.8, 4) is 5.75 Å². The van der Waals surface area contributed by atoms with Gasteiger partial charge in [0.15, 0.2) is 0 Å². The Hall–Kier alpha value is -3.41. The van der Waals surface area contributed by atoms with Crippen LogP contribution < -0.4 is 10.1 Å². The van der Waals surface area contributed by atoms with E-state index in [0.29, 0.717) is 17.2 Å². The number of nitrogens with one attached hydrogen (secondary N) is 1. The van der Waals surface area contributed by atoms with E-state index in [1.165, 1.54) is 4.88 Å². The van der Waals surface area contributed by atoms with Crippen LogP contribution in [0.5, 0.6) is 5.75 Å². The SMILES string of the molecule is O=C(Nc1ccccc1)c1c(N=Cc2ccccc2OCc2ccc(Cl)cc2)sc2c1CCCC2. The number of benzene rings is 3. The van der Waals surface area contributed by atoms with Gasteiger partial charge in [-0.05, 0) is 73.2 Å². The Morgan fingerprint density at radius 1 is 0.971 bits per heavy atom. The molecule has 3 aromatic carbocycles. The molecule has 1 amide bonds. The molecule has 1 aromatic heterocycles. The number of aryl methyl sites for hydroxylation is 1. The fourth-order valence-electron chi connectivity index (χ4n) is 4.18. The molecule has 0 saturated heterocycles. The number of halogens is 1. The quantitative estimate of drug-likeness (QED) is 0.262. The monoisotopic (exact) mass is 500 g/mol. The van der Waals surface area contributed by atoms with Crippen molar-refractivity contribution in [2.45, 2.75) is 32.3 Å². The number of ether oxygens (including phenoxy) is 1. The van der Waals surface area contributed by atoms with Gasteiger partial charge < -0.3 is 10.1 Å². The lowest BCUT2D eigenvalue weighted by Crippen LogP contribution is -2.14. The summed E-state index contributed by atoms with van der Waals surface area (Å²) in [5.41, 5.74) is 4.52. The number of fused-ring (bicyclic) bond motifs is 1. The molecule has 176 valence electrons. The Bertz CT molecular complexity index is 1350. The second-order valence-corrected chi connectivity index (χ2v) is 9.94. The fourth-order valence-corrected chi connectivity index (χ4v) is 5.54. The number of hydrogen-bond donors (Lipinski definition) is 1. The predicted octanol–water partition coefficient (Wildman–Crippen LogP) is 7.86. The Labute approximate surface area is 214 Å². The minimum atomic E-state index is -0.102. The molecule has 1 aliphatic rings. The predicted molar refractivity (Wildman–Crippen MR) is 145 cm³/mol. The summed E-state index contributed by atoms with van der Waals surface area (Å²) in [5, 5.41) is 4.50. The molecular formula is C29H25ClN2O2S. The maximum absolute atomic E-state index is 13.3. The number of thiophene rings is 1. The lowest BCUT2D eigenvalue weighted by molar-refractivity contribution is 0.102. The molecule has 0 bridgehead atoms. The van der Waals surface area contributed by atoms with Crippen LogP contribution in [-0.4, -0.2) is 12.1 Å². The molecule has 0 saturated carbocycles. The van der Waals surface area contributed by atoms with Crippen LogP contribution in [0.1, 0.15) is 44.8 Å². The molecule has 1 aliphatic carbocycles. The first kappa shape index (κ1) is 23.3. The molecule has 0 unspecified atom stereocenters. The average Bonchev–Trinajstić information content (AvgIpc) is 3.27. The number of para-hydroxylation sites is 2. The maximum atomic E-state index is 13.3. The van der Waals surface area contributed by atoms with Crippen molar-refractivity contribution >= 4 is 45.7 Å². The Morgan fingerprint density at radius 2 is 1.71 bits per heavy atom. The van der Waals surface area contributed by atoms with Gasteiger partial charge in [-0.25, -0.2) is 4.99 Å². The summed E-state index contributed by atoms with van der Waals surface area (Å²) in [6.45, 7) is 0.431. The van der Waals surface area contributed by atoms with Crippen molar-refractivity contribution in [3.05, 3.63) is 111 Å². The lowest BCUT2D eigenvalue weighted by Gasteiger charge is -2.12. The van der Waals surface area contributed by atoms with Crippen molar-refractivity contribution < 1.29 is 9.53 Å². The Kier molecular flexibility index (Phi) is 7.26. The molecule has 4 nitrogen and oxygen atoms in total. The van der Waals surface area contributed by atoms with E-state index in [-0.39, 0.29) is 5.91 Å². The summed E-state index contributed by atoms with van der Waals surface area (Å²) in [6, 6.07) is 25.0. The normalized spacial score (nSPS) is 12.9. The first-order chi connectivity index (χ1) is 17.2. The highest BCUT2D eigenvalue weighted by Crippen LogP contribution is 2.40. The van der Waals surface area contributed by atoms with Gasteiger partial charge in [-0.2, -0.15) is 0 Å². The largest absolute Gasteiger partial charge is 0.488 e. The van der Waals surface area contributed by atoms with E-state index in [0.717, 1.165) is 58.8 Å². The Balaban J connectivity index is 1.40. The number of aliphatic imine (C=N–C) groups is 1. The highest BCUT2D eigenvalue weighted by Gasteiger charge is 2.25. The fraction of sp³-hybridized carbons (Fsp3) is 0.172. The van der Waals surface area contributed by atoms with E-state index >= 15 is 0 Å². The molecule has 0 aliphatic heterocycles. The summed E-state index contributed by atoms with van der Waals surface area (Å²) < 4.78 is 6.08. The molecule has 4 aromatic rings. The van der Waals surface area contributed by atoms with Crippen LogP contribution in [0.15, 0.2) is 83.9 Å². The number of nitrogens with zero attached hydrogens (tertiary/aromatic N) is 1. The van der Waals surface area contributed by atoms with Gasteiger partial charge in [0.25, 0.3) is 5.91 Å². The molecule has 5 rings (SSSR count). The van der Waals surface area contributed by atoms with Gasteiger partial charge in [-0.3, -0.25) is 4.79 Å². The van der Waals surface area contributed by atoms with E-state index in [2.05, 4.69) is 5.32 Å². The number of amides is 1. The van der Waals surface area contributed by atoms with Crippen LogP contribution in [-0.2, 0) is 19.4 Å². The summed E-state index contributed by atoms with van der Waals surface area (Å²) in [7, 11) is 0. The van der Waals surface area contributed by atoms with Crippen molar-refractivity contribution in [3.63, 3.8) is 0 Å². The van der Waals surface area contributed by atoms with E-state index in [4.69, 9.17) is 21.3 Å². The smallest absolute Gasteiger partial charge is 0.259 e. The molecular weight excluding hydrogens is 476 g/mol. The highest BCUT2D eigenvalue weighted by molar-refractivity contribution is 7.16. The van der Waals surface area contributed by atoms with Gasteiger partial charge in [-0.15, -0.1) is 11.3 Å². The lowest BCUT2D eigenvalue weighted by atomic mass is 9.95. The molecule has 0 spiro atoms. The number of carbonyl (C=O) groups is 1. The number of hydrogen-bond acceptors (Lipinski definition) is 4. The van der Waals surface area contributed by atoms with E-state index in [1.54, 1.807) is 17.6 Å². The van der Waals surface area contributed by atoms with Gasteiger partial charge in [0.1, 0.15) is 17.4 Å². The van der Waals surface area contributed by atoms with E-state index in [9.17, 15) is 4.79 Å². The van der Waals surface area contributed by atoms with E-state index < -0.39 is 0 Å². The van der Waals surface area contributed by atoms with Crippen molar-refractivity contribution in [1.29, 1.82) is 0 Å². The van der Waals surface area contributed by atoms with Gasteiger partial charge in [-0.1, -0.05) is 54.1 Å². The Morgan fingerprint density at radius 3 is 2.54 bits per heavy atom.